The molecule has 0 radical (unpaired) electrons. The van der Waals surface area contributed by atoms with Gasteiger partial charge in [-0.3, -0.25) is 0 Å². The number of para-hydroxylation sites is 1. The zero-order valence-corrected chi connectivity index (χ0v) is 13.1. The SMILES string of the molecule is CNC(Cc1nc(C)cs1)c1cccc(OC)c1OC. The molecule has 2 aromatic rings. The van der Waals surface area contributed by atoms with Gasteiger partial charge in [0.2, 0.25) is 0 Å². The van der Waals surface area contributed by atoms with Gasteiger partial charge in [-0.15, -0.1) is 11.3 Å². The average Bonchev–Trinajstić information content (AvgIpc) is 2.89. The summed E-state index contributed by atoms with van der Waals surface area (Å²) < 4.78 is 10.9. The first kappa shape index (κ1) is 14.8. The molecule has 0 saturated heterocycles. The summed E-state index contributed by atoms with van der Waals surface area (Å²) in [5.74, 6) is 1.53. The topological polar surface area (TPSA) is 43.4 Å². The molecular formula is C15H20N2O2S. The van der Waals surface area contributed by atoms with Gasteiger partial charge in [0.05, 0.1) is 19.2 Å². The third kappa shape index (κ3) is 3.11. The average molecular weight is 292 g/mol. The van der Waals surface area contributed by atoms with Crippen LogP contribution in [-0.4, -0.2) is 26.3 Å². The summed E-state index contributed by atoms with van der Waals surface area (Å²) in [4.78, 5) is 4.53. The Kier molecular flexibility index (Phi) is 4.98. The Bertz CT molecular complexity index is 569. The molecule has 2 rings (SSSR count). The lowest BCUT2D eigenvalue weighted by atomic mass is 10.0. The van der Waals surface area contributed by atoms with Gasteiger partial charge >= 0.3 is 0 Å². The van der Waals surface area contributed by atoms with Gasteiger partial charge in [0.25, 0.3) is 0 Å². The van der Waals surface area contributed by atoms with E-state index in [1.165, 1.54) is 0 Å². The van der Waals surface area contributed by atoms with Crippen molar-refractivity contribution in [3.8, 4) is 11.5 Å². The first-order chi connectivity index (χ1) is 9.69. The van der Waals surface area contributed by atoms with Crippen molar-refractivity contribution < 1.29 is 9.47 Å². The normalized spacial score (nSPS) is 12.2. The highest BCUT2D eigenvalue weighted by Crippen LogP contribution is 2.35. The van der Waals surface area contributed by atoms with Gasteiger partial charge in [-0.1, -0.05) is 12.1 Å². The molecule has 1 atom stereocenters. The molecule has 1 N–H and O–H groups in total. The Morgan fingerprint density at radius 3 is 2.65 bits per heavy atom. The van der Waals surface area contributed by atoms with Crippen LogP contribution in [0.3, 0.4) is 0 Å². The molecule has 108 valence electrons. The summed E-state index contributed by atoms with van der Waals surface area (Å²) in [6.45, 7) is 2.01. The minimum absolute atomic E-state index is 0.144. The highest BCUT2D eigenvalue weighted by molar-refractivity contribution is 7.09. The largest absolute Gasteiger partial charge is 0.493 e. The standard InChI is InChI=1S/C15H20N2O2S/c1-10-9-20-14(17-10)8-12(16-2)11-6-5-7-13(18-3)15(11)19-4/h5-7,9,12,16H,8H2,1-4H3. The van der Waals surface area contributed by atoms with Crippen LogP contribution in [0.4, 0.5) is 0 Å². The number of benzene rings is 1. The lowest BCUT2D eigenvalue weighted by Crippen LogP contribution is -2.19. The zero-order chi connectivity index (χ0) is 14.5. The first-order valence-electron chi connectivity index (χ1n) is 6.48. The van der Waals surface area contributed by atoms with E-state index >= 15 is 0 Å². The number of nitrogens with one attached hydrogen (secondary N) is 1. The lowest BCUT2D eigenvalue weighted by molar-refractivity contribution is 0.347. The number of ether oxygens (including phenoxy) is 2. The molecule has 0 spiro atoms. The Morgan fingerprint density at radius 2 is 2.10 bits per heavy atom. The fourth-order valence-corrected chi connectivity index (χ4v) is 3.04. The van der Waals surface area contributed by atoms with E-state index in [2.05, 4.69) is 21.7 Å². The van der Waals surface area contributed by atoms with Crippen LogP contribution in [0.2, 0.25) is 0 Å². The van der Waals surface area contributed by atoms with Crippen LogP contribution >= 0.6 is 11.3 Å². The predicted octanol–water partition coefficient (Wildman–Crippen LogP) is 2.97. The number of aromatic nitrogens is 1. The van der Waals surface area contributed by atoms with Crippen LogP contribution in [0.1, 0.15) is 22.3 Å². The van der Waals surface area contributed by atoms with E-state index in [-0.39, 0.29) is 6.04 Å². The highest BCUT2D eigenvalue weighted by atomic mass is 32.1. The molecule has 0 aliphatic heterocycles. The number of nitrogens with zero attached hydrogens (tertiary/aromatic N) is 1. The van der Waals surface area contributed by atoms with Crippen LogP contribution in [0.25, 0.3) is 0 Å². The zero-order valence-electron chi connectivity index (χ0n) is 12.3. The third-order valence-corrected chi connectivity index (χ3v) is 4.19. The molecule has 1 aromatic heterocycles. The van der Waals surface area contributed by atoms with Crippen molar-refractivity contribution in [2.75, 3.05) is 21.3 Å². The Hall–Kier alpha value is -1.59. The Labute approximate surface area is 123 Å². The third-order valence-electron chi connectivity index (χ3n) is 3.20. The minimum Gasteiger partial charge on any atom is -0.493 e. The van der Waals surface area contributed by atoms with Crippen molar-refractivity contribution in [3.63, 3.8) is 0 Å². The summed E-state index contributed by atoms with van der Waals surface area (Å²) in [6.07, 6.45) is 0.832. The fourth-order valence-electron chi connectivity index (χ4n) is 2.22. The van der Waals surface area contributed by atoms with Gasteiger partial charge in [0, 0.05) is 29.1 Å². The van der Waals surface area contributed by atoms with Crippen LogP contribution in [0.5, 0.6) is 11.5 Å². The van der Waals surface area contributed by atoms with Gasteiger partial charge < -0.3 is 14.8 Å². The van der Waals surface area contributed by atoms with E-state index in [1.807, 2.05) is 26.1 Å². The maximum Gasteiger partial charge on any atom is 0.165 e. The monoisotopic (exact) mass is 292 g/mol. The molecule has 1 heterocycles. The maximum absolute atomic E-state index is 5.51. The smallest absolute Gasteiger partial charge is 0.165 e. The van der Waals surface area contributed by atoms with Crippen LogP contribution in [0.15, 0.2) is 23.6 Å². The van der Waals surface area contributed by atoms with E-state index in [1.54, 1.807) is 25.6 Å². The number of methoxy groups -OCH3 is 2. The second-order valence-electron chi connectivity index (χ2n) is 4.51. The highest BCUT2D eigenvalue weighted by Gasteiger charge is 2.19. The second-order valence-corrected chi connectivity index (χ2v) is 5.45. The molecule has 4 nitrogen and oxygen atoms in total. The van der Waals surface area contributed by atoms with E-state index in [0.29, 0.717) is 0 Å². The summed E-state index contributed by atoms with van der Waals surface area (Å²) in [6, 6.07) is 6.09. The lowest BCUT2D eigenvalue weighted by Gasteiger charge is -2.20. The van der Waals surface area contributed by atoms with Gasteiger partial charge in [0.1, 0.15) is 0 Å². The number of thiazole rings is 1. The van der Waals surface area contributed by atoms with E-state index < -0.39 is 0 Å². The number of aryl methyl sites for hydroxylation is 1. The van der Waals surface area contributed by atoms with E-state index in [4.69, 9.17) is 9.47 Å². The molecular weight excluding hydrogens is 272 g/mol. The van der Waals surface area contributed by atoms with Gasteiger partial charge in [-0.05, 0) is 20.0 Å². The van der Waals surface area contributed by atoms with E-state index in [0.717, 1.165) is 34.2 Å². The fraction of sp³-hybridized carbons (Fsp3) is 0.400. The van der Waals surface area contributed by atoms with Crippen LogP contribution in [-0.2, 0) is 6.42 Å². The second kappa shape index (κ2) is 6.72. The van der Waals surface area contributed by atoms with Crippen molar-refractivity contribution >= 4 is 11.3 Å². The quantitative estimate of drug-likeness (QED) is 0.889. The van der Waals surface area contributed by atoms with Crippen molar-refractivity contribution in [2.24, 2.45) is 0 Å². The molecule has 0 aliphatic carbocycles. The van der Waals surface area contributed by atoms with Gasteiger partial charge in [-0.2, -0.15) is 0 Å². The molecule has 1 unspecified atom stereocenters. The summed E-state index contributed by atoms with van der Waals surface area (Å²) in [7, 11) is 5.27. The minimum atomic E-state index is 0.144. The molecule has 0 saturated carbocycles. The molecule has 1 aromatic carbocycles. The summed E-state index contributed by atoms with van der Waals surface area (Å²) >= 11 is 1.69. The number of hydrogen-bond donors (Lipinski definition) is 1. The molecule has 0 fully saturated rings. The van der Waals surface area contributed by atoms with E-state index in [9.17, 15) is 0 Å². The first-order valence-corrected chi connectivity index (χ1v) is 7.36. The molecule has 5 heteroatoms. The van der Waals surface area contributed by atoms with Crippen molar-refractivity contribution in [1.82, 2.24) is 10.3 Å². The summed E-state index contributed by atoms with van der Waals surface area (Å²) in [5.41, 5.74) is 2.15. The van der Waals surface area contributed by atoms with Gasteiger partial charge in [-0.25, -0.2) is 4.98 Å². The van der Waals surface area contributed by atoms with Crippen molar-refractivity contribution in [3.05, 3.63) is 39.8 Å². The van der Waals surface area contributed by atoms with Gasteiger partial charge in [0.15, 0.2) is 11.5 Å². The van der Waals surface area contributed by atoms with Crippen molar-refractivity contribution in [2.45, 2.75) is 19.4 Å². The molecule has 0 amide bonds. The molecule has 0 aliphatic rings. The molecule has 0 bridgehead atoms. The molecule has 20 heavy (non-hydrogen) atoms. The Balaban J connectivity index is 2.31. The maximum atomic E-state index is 5.51. The number of likely N-dealkylation sites (N-methyl/N-ethyl adjacent to an activating group) is 1. The number of rotatable bonds is 6. The van der Waals surface area contributed by atoms with Crippen molar-refractivity contribution in [1.29, 1.82) is 0 Å². The van der Waals surface area contributed by atoms with Crippen LogP contribution < -0.4 is 14.8 Å². The Morgan fingerprint density at radius 1 is 1.30 bits per heavy atom. The summed E-state index contributed by atoms with van der Waals surface area (Å²) in [5, 5.41) is 6.52. The predicted molar refractivity (Wildman–Crippen MR) is 81.9 cm³/mol. The van der Waals surface area contributed by atoms with Crippen LogP contribution in [0, 0.1) is 6.92 Å². The number of hydrogen-bond acceptors (Lipinski definition) is 5.